The summed E-state index contributed by atoms with van der Waals surface area (Å²) in [5.74, 6) is 0.394. The van der Waals surface area contributed by atoms with Crippen LogP contribution in [0.2, 0.25) is 0 Å². The van der Waals surface area contributed by atoms with Gasteiger partial charge in [-0.15, -0.1) is 0 Å². The van der Waals surface area contributed by atoms with E-state index in [4.69, 9.17) is 5.73 Å². The molecule has 0 atom stereocenters. The van der Waals surface area contributed by atoms with Crippen LogP contribution in [-0.2, 0) is 6.42 Å². The van der Waals surface area contributed by atoms with E-state index in [1.807, 2.05) is 6.07 Å². The van der Waals surface area contributed by atoms with Gasteiger partial charge in [-0.1, -0.05) is 0 Å². The van der Waals surface area contributed by atoms with Crippen LogP contribution < -0.4 is 5.73 Å². The van der Waals surface area contributed by atoms with Crippen LogP contribution in [0, 0.1) is 12.7 Å². The van der Waals surface area contributed by atoms with E-state index in [0.29, 0.717) is 17.9 Å². The van der Waals surface area contributed by atoms with Gasteiger partial charge in [0.2, 0.25) is 0 Å². The fourth-order valence-corrected chi connectivity index (χ4v) is 1.61. The number of rotatable bonds is 3. The summed E-state index contributed by atoms with van der Waals surface area (Å²) in [7, 11) is 0. The molecule has 0 amide bonds. The molecular weight excluding hydrogens is 217 g/mol. The topological polar surface area (TPSA) is 51.8 Å². The van der Waals surface area contributed by atoms with Crippen molar-refractivity contribution in [2.45, 2.75) is 13.3 Å². The molecule has 4 heteroatoms. The predicted molar refractivity (Wildman–Crippen MR) is 64.9 cm³/mol. The highest BCUT2D eigenvalue weighted by Crippen LogP contribution is 2.18. The molecule has 17 heavy (non-hydrogen) atoms. The molecule has 0 aliphatic carbocycles. The Hall–Kier alpha value is -1.81. The lowest BCUT2D eigenvalue weighted by atomic mass is 10.1. The number of nitrogens with zero attached hydrogens (tertiary/aromatic N) is 2. The minimum Gasteiger partial charge on any atom is -0.330 e. The summed E-state index contributed by atoms with van der Waals surface area (Å²) in [6, 6.07) is 6.71. The minimum atomic E-state index is -0.216. The van der Waals surface area contributed by atoms with Gasteiger partial charge in [0, 0.05) is 23.9 Å². The van der Waals surface area contributed by atoms with Crippen LogP contribution in [0.25, 0.3) is 11.4 Å². The summed E-state index contributed by atoms with van der Waals surface area (Å²) in [4.78, 5) is 8.58. The molecule has 88 valence electrons. The Bertz CT molecular complexity index is 526. The lowest BCUT2D eigenvalue weighted by Crippen LogP contribution is -2.05. The first kappa shape index (κ1) is 11.7. The van der Waals surface area contributed by atoms with Crippen molar-refractivity contribution in [3.05, 3.63) is 47.5 Å². The molecule has 0 radical (unpaired) electrons. The molecule has 0 spiro atoms. The highest BCUT2D eigenvalue weighted by molar-refractivity contribution is 5.56. The lowest BCUT2D eigenvalue weighted by Gasteiger charge is -2.04. The first-order valence-corrected chi connectivity index (χ1v) is 5.49. The van der Waals surface area contributed by atoms with Crippen LogP contribution in [0.5, 0.6) is 0 Å². The first-order chi connectivity index (χ1) is 8.20. The Morgan fingerprint density at radius 3 is 2.82 bits per heavy atom. The van der Waals surface area contributed by atoms with Crippen molar-refractivity contribution in [3.8, 4) is 11.4 Å². The van der Waals surface area contributed by atoms with E-state index >= 15 is 0 Å². The SMILES string of the molecule is Cc1cc(-c2nccc(CCN)n2)ccc1F. The van der Waals surface area contributed by atoms with Gasteiger partial charge in [0.25, 0.3) is 0 Å². The second-order valence-corrected chi connectivity index (χ2v) is 3.87. The first-order valence-electron chi connectivity index (χ1n) is 5.49. The molecule has 0 aliphatic rings. The van der Waals surface area contributed by atoms with Crippen molar-refractivity contribution >= 4 is 0 Å². The smallest absolute Gasteiger partial charge is 0.159 e. The monoisotopic (exact) mass is 231 g/mol. The van der Waals surface area contributed by atoms with Gasteiger partial charge in [0.05, 0.1) is 0 Å². The number of aromatic nitrogens is 2. The molecule has 0 saturated carbocycles. The summed E-state index contributed by atoms with van der Waals surface area (Å²) in [6.45, 7) is 2.28. The molecule has 0 bridgehead atoms. The quantitative estimate of drug-likeness (QED) is 0.880. The van der Waals surface area contributed by atoms with Crippen molar-refractivity contribution in [2.24, 2.45) is 5.73 Å². The number of nitrogens with two attached hydrogens (primary N) is 1. The highest BCUT2D eigenvalue weighted by atomic mass is 19.1. The molecule has 0 saturated heterocycles. The summed E-state index contributed by atoms with van der Waals surface area (Å²) in [5.41, 5.74) is 7.80. The average molecular weight is 231 g/mol. The maximum atomic E-state index is 13.2. The third-order valence-electron chi connectivity index (χ3n) is 2.53. The normalized spacial score (nSPS) is 10.5. The van der Waals surface area contributed by atoms with Crippen molar-refractivity contribution in [1.82, 2.24) is 9.97 Å². The standard InChI is InChI=1S/C13H14FN3/c1-9-8-10(2-3-12(9)14)13-16-7-5-11(17-13)4-6-15/h2-3,5,7-8H,4,6,15H2,1H3. The van der Waals surface area contributed by atoms with Crippen LogP contribution in [0.1, 0.15) is 11.3 Å². The van der Waals surface area contributed by atoms with Crippen molar-refractivity contribution in [2.75, 3.05) is 6.54 Å². The summed E-state index contributed by atoms with van der Waals surface area (Å²) in [5, 5.41) is 0. The van der Waals surface area contributed by atoms with E-state index in [1.54, 1.807) is 25.3 Å². The van der Waals surface area contributed by atoms with Crippen LogP contribution >= 0.6 is 0 Å². The Kier molecular flexibility index (Phi) is 3.44. The molecule has 1 heterocycles. The number of benzene rings is 1. The fourth-order valence-electron chi connectivity index (χ4n) is 1.61. The van der Waals surface area contributed by atoms with Gasteiger partial charge in [0.15, 0.2) is 5.82 Å². The summed E-state index contributed by atoms with van der Waals surface area (Å²) in [6.07, 6.45) is 2.42. The molecule has 2 N–H and O–H groups in total. The minimum absolute atomic E-state index is 0.216. The Labute approximate surface area is 99.5 Å². The molecule has 1 aromatic heterocycles. The Morgan fingerprint density at radius 2 is 2.12 bits per heavy atom. The summed E-state index contributed by atoms with van der Waals surface area (Å²) < 4.78 is 13.2. The third kappa shape index (κ3) is 2.65. The predicted octanol–water partition coefficient (Wildman–Crippen LogP) is 2.09. The molecule has 0 aliphatic heterocycles. The maximum absolute atomic E-state index is 13.2. The van der Waals surface area contributed by atoms with E-state index in [0.717, 1.165) is 17.7 Å². The van der Waals surface area contributed by atoms with Crippen molar-refractivity contribution in [1.29, 1.82) is 0 Å². The van der Waals surface area contributed by atoms with E-state index < -0.39 is 0 Å². The van der Waals surface area contributed by atoms with E-state index in [-0.39, 0.29) is 5.82 Å². The fraction of sp³-hybridized carbons (Fsp3) is 0.231. The highest BCUT2D eigenvalue weighted by Gasteiger charge is 2.05. The van der Waals surface area contributed by atoms with Crippen LogP contribution in [0.3, 0.4) is 0 Å². The summed E-state index contributed by atoms with van der Waals surface area (Å²) >= 11 is 0. The second-order valence-electron chi connectivity index (χ2n) is 3.87. The van der Waals surface area contributed by atoms with Gasteiger partial charge in [-0.2, -0.15) is 0 Å². The second kappa shape index (κ2) is 5.01. The van der Waals surface area contributed by atoms with Crippen molar-refractivity contribution in [3.63, 3.8) is 0 Å². The van der Waals surface area contributed by atoms with Crippen LogP contribution in [-0.4, -0.2) is 16.5 Å². The third-order valence-corrected chi connectivity index (χ3v) is 2.53. The van der Waals surface area contributed by atoms with E-state index in [1.165, 1.54) is 6.07 Å². The van der Waals surface area contributed by atoms with Crippen molar-refractivity contribution < 1.29 is 4.39 Å². The number of hydrogen-bond donors (Lipinski definition) is 1. The molecule has 0 unspecified atom stereocenters. The van der Waals surface area contributed by atoms with E-state index in [9.17, 15) is 4.39 Å². The van der Waals surface area contributed by atoms with Gasteiger partial charge in [-0.25, -0.2) is 14.4 Å². The number of aryl methyl sites for hydroxylation is 1. The molecule has 1 aromatic carbocycles. The zero-order chi connectivity index (χ0) is 12.3. The van der Waals surface area contributed by atoms with Gasteiger partial charge in [-0.05, 0) is 43.3 Å². The zero-order valence-electron chi connectivity index (χ0n) is 9.65. The largest absolute Gasteiger partial charge is 0.330 e. The zero-order valence-corrected chi connectivity index (χ0v) is 9.65. The molecule has 2 aromatic rings. The van der Waals surface area contributed by atoms with Crippen LogP contribution in [0.15, 0.2) is 30.5 Å². The Morgan fingerprint density at radius 1 is 1.29 bits per heavy atom. The van der Waals surface area contributed by atoms with Gasteiger partial charge >= 0.3 is 0 Å². The Balaban J connectivity index is 2.38. The molecular formula is C13H14FN3. The van der Waals surface area contributed by atoms with Crippen LogP contribution in [0.4, 0.5) is 4.39 Å². The van der Waals surface area contributed by atoms with Gasteiger partial charge < -0.3 is 5.73 Å². The van der Waals surface area contributed by atoms with Gasteiger partial charge in [-0.3, -0.25) is 0 Å². The molecule has 2 rings (SSSR count). The molecule has 0 fully saturated rings. The lowest BCUT2D eigenvalue weighted by molar-refractivity contribution is 0.618. The maximum Gasteiger partial charge on any atom is 0.159 e. The van der Waals surface area contributed by atoms with E-state index in [2.05, 4.69) is 9.97 Å². The average Bonchev–Trinajstić information content (AvgIpc) is 2.33. The van der Waals surface area contributed by atoms with Gasteiger partial charge in [0.1, 0.15) is 5.82 Å². The number of hydrogen-bond acceptors (Lipinski definition) is 3. The number of halogens is 1. The molecule has 3 nitrogen and oxygen atoms in total.